The molecular weight excluding hydrogens is 274 g/mol. The van der Waals surface area contributed by atoms with Gasteiger partial charge in [-0.15, -0.1) is 0 Å². The van der Waals surface area contributed by atoms with Gasteiger partial charge in [0, 0.05) is 17.3 Å². The Labute approximate surface area is 130 Å². The lowest BCUT2D eigenvalue weighted by Crippen LogP contribution is -2.27. The summed E-state index contributed by atoms with van der Waals surface area (Å²) in [6.07, 6.45) is 2.03. The van der Waals surface area contributed by atoms with Gasteiger partial charge in [0.25, 0.3) is 0 Å². The first kappa shape index (κ1) is 14.4. The number of fused-ring (bicyclic) bond motifs is 1. The van der Waals surface area contributed by atoms with Crippen LogP contribution < -0.4 is 5.32 Å². The Balaban J connectivity index is 2.25. The van der Waals surface area contributed by atoms with E-state index < -0.39 is 0 Å². The standard InChI is InChI=1S/C18H21N3O/c1-12-8-9-21-15(10-12)19-16(17(21)20-18(2,3)4)13-6-5-7-14(22)11-13/h5-11,20,22H,1-4H3. The molecule has 2 heterocycles. The second kappa shape index (κ2) is 5.05. The van der Waals surface area contributed by atoms with Gasteiger partial charge in [0.15, 0.2) is 0 Å². The fraction of sp³-hybridized carbons (Fsp3) is 0.278. The molecule has 0 saturated carbocycles. The first-order valence-corrected chi connectivity index (χ1v) is 7.40. The van der Waals surface area contributed by atoms with E-state index in [-0.39, 0.29) is 11.3 Å². The van der Waals surface area contributed by atoms with E-state index in [2.05, 4.69) is 49.5 Å². The number of nitrogens with one attached hydrogen (secondary N) is 1. The summed E-state index contributed by atoms with van der Waals surface area (Å²) >= 11 is 0. The highest BCUT2D eigenvalue weighted by atomic mass is 16.3. The topological polar surface area (TPSA) is 49.6 Å². The third kappa shape index (κ3) is 2.77. The largest absolute Gasteiger partial charge is 0.508 e. The second-order valence-electron chi connectivity index (χ2n) is 6.67. The number of hydrogen-bond donors (Lipinski definition) is 2. The smallest absolute Gasteiger partial charge is 0.139 e. The minimum atomic E-state index is -0.0908. The highest BCUT2D eigenvalue weighted by molar-refractivity contribution is 5.77. The van der Waals surface area contributed by atoms with Gasteiger partial charge in [-0.25, -0.2) is 4.98 Å². The highest BCUT2D eigenvalue weighted by Gasteiger charge is 2.19. The van der Waals surface area contributed by atoms with Crippen molar-refractivity contribution < 1.29 is 5.11 Å². The van der Waals surface area contributed by atoms with Gasteiger partial charge in [-0.05, 0) is 57.5 Å². The number of phenolic OH excluding ortho intramolecular Hbond substituents is 1. The van der Waals surface area contributed by atoms with E-state index in [1.165, 1.54) is 5.56 Å². The molecule has 0 aliphatic rings. The molecule has 3 rings (SSSR count). The molecule has 0 unspecified atom stereocenters. The van der Waals surface area contributed by atoms with Gasteiger partial charge in [-0.1, -0.05) is 12.1 Å². The molecule has 1 aromatic carbocycles. The average Bonchev–Trinajstić information content (AvgIpc) is 2.74. The van der Waals surface area contributed by atoms with Gasteiger partial charge in [-0.3, -0.25) is 4.40 Å². The van der Waals surface area contributed by atoms with Crippen LogP contribution in [0.15, 0.2) is 42.6 Å². The molecule has 3 aromatic rings. The lowest BCUT2D eigenvalue weighted by Gasteiger charge is -2.22. The lowest BCUT2D eigenvalue weighted by atomic mass is 10.1. The fourth-order valence-corrected chi connectivity index (χ4v) is 2.48. The predicted molar refractivity (Wildman–Crippen MR) is 90.4 cm³/mol. The van der Waals surface area contributed by atoms with Crippen LogP contribution in [-0.4, -0.2) is 20.0 Å². The number of benzene rings is 1. The van der Waals surface area contributed by atoms with Gasteiger partial charge in [0.05, 0.1) is 0 Å². The Morgan fingerprint density at radius 1 is 1.14 bits per heavy atom. The molecule has 0 atom stereocenters. The number of hydrogen-bond acceptors (Lipinski definition) is 3. The summed E-state index contributed by atoms with van der Waals surface area (Å²) < 4.78 is 2.05. The number of aromatic nitrogens is 2. The van der Waals surface area contributed by atoms with Gasteiger partial charge >= 0.3 is 0 Å². The molecule has 0 saturated heterocycles. The monoisotopic (exact) mass is 295 g/mol. The van der Waals surface area contributed by atoms with Crippen molar-refractivity contribution in [2.75, 3.05) is 5.32 Å². The van der Waals surface area contributed by atoms with Crippen molar-refractivity contribution in [3.05, 3.63) is 48.2 Å². The van der Waals surface area contributed by atoms with E-state index in [0.717, 1.165) is 22.7 Å². The number of rotatable bonds is 2. The number of nitrogens with zero attached hydrogens (tertiary/aromatic N) is 2. The Morgan fingerprint density at radius 2 is 1.91 bits per heavy atom. The fourth-order valence-electron chi connectivity index (χ4n) is 2.48. The molecular formula is C18H21N3O. The number of pyridine rings is 1. The first-order valence-electron chi connectivity index (χ1n) is 7.40. The number of phenols is 1. The van der Waals surface area contributed by atoms with Crippen molar-refractivity contribution in [3.8, 4) is 17.0 Å². The minimum absolute atomic E-state index is 0.0908. The van der Waals surface area contributed by atoms with Crippen LogP contribution in [0.5, 0.6) is 5.75 Å². The van der Waals surface area contributed by atoms with Crippen LogP contribution in [-0.2, 0) is 0 Å². The summed E-state index contributed by atoms with van der Waals surface area (Å²) in [5.41, 5.74) is 3.71. The molecule has 2 N–H and O–H groups in total. The minimum Gasteiger partial charge on any atom is -0.508 e. The Kier molecular flexibility index (Phi) is 3.32. The molecule has 2 aromatic heterocycles. The zero-order valence-corrected chi connectivity index (χ0v) is 13.4. The maximum Gasteiger partial charge on any atom is 0.139 e. The van der Waals surface area contributed by atoms with Gasteiger partial charge in [0.1, 0.15) is 22.9 Å². The van der Waals surface area contributed by atoms with Crippen LogP contribution in [0.2, 0.25) is 0 Å². The summed E-state index contributed by atoms with van der Waals surface area (Å²) in [4.78, 5) is 4.76. The van der Waals surface area contributed by atoms with Crippen LogP contribution >= 0.6 is 0 Å². The van der Waals surface area contributed by atoms with Crippen molar-refractivity contribution in [2.24, 2.45) is 0 Å². The van der Waals surface area contributed by atoms with E-state index in [1.807, 2.05) is 18.3 Å². The van der Waals surface area contributed by atoms with Crippen molar-refractivity contribution in [2.45, 2.75) is 33.2 Å². The summed E-state index contributed by atoms with van der Waals surface area (Å²) in [5.74, 6) is 1.18. The van der Waals surface area contributed by atoms with Crippen molar-refractivity contribution in [1.82, 2.24) is 9.38 Å². The van der Waals surface area contributed by atoms with Gasteiger partial charge in [-0.2, -0.15) is 0 Å². The third-order valence-corrected chi connectivity index (χ3v) is 3.39. The molecule has 0 bridgehead atoms. The third-order valence-electron chi connectivity index (χ3n) is 3.39. The maximum atomic E-state index is 9.76. The molecule has 114 valence electrons. The predicted octanol–water partition coefficient (Wildman–Crippen LogP) is 4.23. The number of aromatic hydroxyl groups is 1. The molecule has 0 amide bonds. The zero-order valence-electron chi connectivity index (χ0n) is 13.4. The molecule has 4 heteroatoms. The highest BCUT2D eigenvalue weighted by Crippen LogP contribution is 2.32. The van der Waals surface area contributed by atoms with Gasteiger partial charge < -0.3 is 10.4 Å². The summed E-state index contributed by atoms with van der Waals surface area (Å²) in [6, 6.07) is 11.3. The van der Waals surface area contributed by atoms with Crippen LogP contribution in [0.4, 0.5) is 5.82 Å². The van der Waals surface area contributed by atoms with Crippen molar-refractivity contribution in [1.29, 1.82) is 0 Å². The maximum absolute atomic E-state index is 9.76. The van der Waals surface area contributed by atoms with E-state index in [9.17, 15) is 5.11 Å². The van der Waals surface area contributed by atoms with E-state index in [4.69, 9.17) is 4.98 Å². The van der Waals surface area contributed by atoms with Crippen LogP contribution in [0.1, 0.15) is 26.3 Å². The Hall–Kier alpha value is -2.49. The van der Waals surface area contributed by atoms with E-state index >= 15 is 0 Å². The van der Waals surface area contributed by atoms with Gasteiger partial charge in [0.2, 0.25) is 0 Å². The zero-order chi connectivity index (χ0) is 15.9. The lowest BCUT2D eigenvalue weighted by molar-refractivity contribution is 0.475. The molecule has 0 fully saturated rings. The summed E-state index contributed by atoms with van der Waals surface area (Å²) in [5, 5.41) is 13.3. The normalized spacial score (nSPS) is 11.8. The Morgan fingerprint density at radius 3 is 2.59 bits per heavy atom. The number of imidazole rings is 1. The van der Waals surface area contributed by atoms with Crippen LogP contribution in [0, 0.1) is 6.92 Å². The molecule has 0 aliphatic carbocycles. The summed E-state index contributed by atoms with van der Waals surface area (Å²) in [6.45, 7) is 8.41. The first-order chi connectivity index (χ1) is 10.3. The second-order valence-corrected chi connectivity index (χ2v) is 6.67. The quantitative estimate of drug-likeness (QED) is 0.744. The Bertz CT molecular complexity index is 828. The SMILES string of the molecule is Cc1ccn2c(NC(C)(C)C)c(-c3cccc(O)c3)nc2c1. The van der Waals surface area contributed by atoms with Crippen molar-refractivity contribution in [3.63, 3.8) is 0 Å². The van der Waals surface area contributed by atoms with E-state index in [1.54, 1.807) is 12.1 Å². The molecule has 22 heavy (non-hydrogen) atoms. The summed E-state index contributed by atoms with van der Waals surface area (Å²) in [7, 11) is 0. The molecule has 0 radical (unpaired) electrons. The molecule has 4 nitrogen and oxygen atoms in total. The van der Waals surface area contributed by atoms with E-state index in [0.29, 0.717) is 0 Å². The van der Waals surface area contributed by atoms with Crippen molar-refractivity contribution >= 4 is 11.5 Å². The number of anilines is 1. The molecule has 0 aliphatic heterocycles. The number of aryl methyl sites for hydroxylation is 1. The molecule has 0 spiro atoms. The van der Waals surface area contributed by atoms with Crippen LogP contribution in [0.3, 0.4) is 0 Å². The van der Waals surface area contributed by atoms with Crippen LogP contribution in [0.25, 0.3) is 16.9 Å². The average molecular weight is 295 g/mol.